The molecule has 0 N–H and O–H groups in total. The quantitative estimate of drug-likeness (QED) is 0.164. The minimum Gasteiger partial charge on any atom is -0.311 e. The molecule has 0 bridgehead atoms. The third-order valence-corrected chi connectivity index (χ3v) is 17.0. The normalized spacial score (nSPS) is 14.1. The van der Waals surface area contributed by atoms with Crippen LogP contribution in [-0.2, 0) is 21.7 Å². The molecule has 5 heterocycles. The molecule has 14 rings (SSSR count). The summed E-state index contributed by atoms with van der Waals surface area (Å²) < 4.78 is 5.09. The first-order chi connectivity index (χ1) is 35.7. The Morgan fingerprint density at radius 2 is 0.733 bits per heavy atom. The molecule has 75 heavy (non-hydrogen) atoms. The molecule has 0 atom stereocenters. The molecule has 0 saturated heterocycles. The van der Waals surface area contributed by atoms with E-state index >= 15 is 0 Å². The van der Waals surface area contributed by atoms with E-state index < -0.39 is 0 Å². The molecule has 0 unspecified atom stereocenters. The Hall–Kier alpha value is -7.76. The molecule has 0 aliphatic carbocycles. The van der Waals surface area contributed by atoms with Crippen LogP contribution in [0.1, 0.15) is 105 Å². The first kappa shape index (κ1) is 45.8. The van der Waals surface area contributed by atoms with Crippen LogP contribution in [0.3, 0.4) is 0 Å². The summed E-state index contributed by atoms with van der Waals surface area (Å²) in [6.07, 6.45) is 0. The molecule has 0 saturated carbocycles. The summed E-state index contributed by atoms with van der Waals surface area (Å²) in [5.41, 5.74) is 23.4. The summed E-state index contributed by atoms with van der Waals surface area (Å²) in [5.74, 6) is 0. The lowest BCUT2D eigenvalue weighted by Gasteiger charge is -2.45. The fraction of sp³-hybridized carbons (Fsp3) is 0.229. The van der Waals surface area contributed by atoms with Crippen LogP contribution in [-0.4, -0.2) is 15.7 Å². The number of rotatable bonds is 3. The molecular weight excluding hydrogens is 908 g/mol. The molecule has 4 nitrogen and oxygen atoms in total. The van der Waals surface area contributed by atoms with Crippen LogP contribution in [0, 0.1) is 0 Å². The van der Waals surface area contributed by atoms with Gasteiger partial charge in [-0.05, 0) is 127 Å². The van der Waals surface area contributed by atoms with Crippen molar-refractivity contribution < 1.29 is 0 Å². The molecule has 2 aliphatic rings. The van der Waals surface area contributed by atoms with E-state index in [0.717, 1.165) is 5.69 Å². The number of hydrogen-bond donors (Lipinski definition) is 0. The van der Waals surface area contributed by atoms with Gasteiger partial charge in [0.05, 0.1) is 33.3 Å². The fourth-order valence-electron chi connectivity index (χ4n) is 13.0. The maximum atomic E-state index is 2.68. The fourth-order valence-corrected chi connectivity index (χ4v) is 13.0. The molecule has 0 radical (unpaired) electrons. The summed E-state index contributed by atoms with van der Waals surface area (Å²) in [6, 6.07) is 68.2. The van der Waals surface area contributed by atoms with Gasteiger partial charge in [-0.1, -0.05) is 192 Å². The molecule has 3 aromatic heterocycles. The number of para-hydroxylation sites is 5. The van der Waals surface area contributed by atoms with Gasteiger partial charge in [0.25, 0.3) is 6.71 Å². The van der Waals surface area contributed by atoms with Gasteiger partial charge in [-0.2, -0.15) is 0 Å². The van der Waals surface area contributed by atoms with Gasteiger partial charge >= 0.3 is 0 Å². The molecule has 0 fully saturated rings. The molecule has 2 aliphatic heterocycles. The standard InChI is InChI=1S/C70H65BN4/c1-67(2,3)42-32-43(68(4,5)6)35-46(34-42)73-60-31-20-16-27-55(60)71-56-40-54-53-26-21-25-52-51-24-15-19-30-59(51)75(66(52)53)61(54)41-62(56)74(47-36-44(69(7,8)9)33-45(37-47)70(10,11)12)64-39-48(38-63(73)65(64)71)72-57-28-17-13-22-49(57)50-23-14-18-29-58(50)72/h13-41H,1-12H3. The minimum atomic E-state index is -0.102. The predicted molar refractivity (Wildman–Crippen MR) is 324 cm³/mol. The molecule has 9 aromatic carbocycles. The molecule has 5 heteroatoms. The topological polar surface area (TPSA) is 15.8 Å². The summed E-state index contributed by atoms with van der Waals surface area (Å²) in [7, 11) is 0. The van der Waals surface area contributed by atoms with Crippen LogP contribution in [0.15, 0.2) is 176 Å². The SMILES string of the molecule is CC(C)(C)c1cc(N2c3ccccc3B3c4cc5c6cccc7c8ccccc8n(c5cc4N(c4cc(C(C)(C)C)cc(C(C)(C)C)c4)c4cc(-n5c8ccccc8c8ccccc85)cc2c43)c76)cc(C(C)(C)C)c1. The van der Waals surface area contributed by atoms with Gasteiger partial charge in [-0.25, -0.2) is 0 Å². The lowest BCUT2D eigenvalue weighted by atomic mass is 9.33. The van der Waals surface area contributed by atoms with Crippen LogP contribution < -0.4 is 26.2 Å². The lowest BCUT2D eigenvalue weighted by molar-refractivity contribution is 0.568. The van der Waals surface area contributed by atoms with Crippen LogP contribution in [0.4, 0.5) is 34.1 Å². The number of benzene rings is 9. The molecule has 12 aromatic rings. The van der Waals surface area contributed by atoms with Crippen molar-refractivity contribution in [3.8, 4) is 5.69 Å². The first-order valence-electron chi connectivity index (χ1n) is 27.1. The van der Waals surface area contributed by atoms with E-state index in [0.29, 0.717) is 0 Å². The Bertz CT molecular complexity index is 4250. The Morgan fingerprint density at radius 1 is 0.307 bits per heavy atom. The first-order valence-corrected chi connectivity index (χ1v) is 27.1. The van der Waals surface area contributed by atoms with Crippen molar-refractivity contribution in [2.45, 2.75) is 105 Å². The monoisotopic (exact) mass is 973 g/mol. The number of aromatic nitrogens is 2. The highest BCUT2D eigenvalue weighted by Crippen LogP contribution is 2.50. The number of hydrogen-bond acceptors (Lipinski definition) is 2. The molecule has 0 amide bonds. The summed E-state index contributed by atoms with van der Waals surface area (Å²) >= 11 is 0. The maximum Gasteiger partial charge on any atom is 0.252 e. The van der Waals surface area contributed by atoms with Gasteiger partial charge < -0.3 is 18.8 Å². The van der Waals surface area contributed by atoms with Crippen LogP contribution in [0.5, 0.6) is 0 Å². The zero-order chi connectivity index (χ0) is 51.8. The van der Waals surface area contributed by atoms with E-state index in [1.165, 1.54) is 133 Å². The molecule has 0 spiro atoms. The third kappa shape index (κ3) is 6.68. The predicted octanol–water partition coefficient (Wildman–Crippen LogP) is 17.2. The van der Waals surface area contributed by atoms with Crippen molar-refractivity contribution in [2.24, 2.45) is 0 Å². The van der Waals surface area contributed by atoms with Crippen molar-refractivity contribution >= 4 is 117 Å². The van der Waals surface area contributed by atoms with Crippen molar-refractivity contribution in [3.63, 3.8) is 0 Å². The van der Waals surface area contributed by atoms with Gasteiger partial charge in [-0.15, -0.1) is 0 Å². The van der Waals surface area contributed by atoms with E-state index in [-0.39, 0.29) is 28.4 Å². The van der Waals surface area contributed by atoms with Gasteiger partial charge in [-0.3, -0.25) is 0 Å². The molecule has 368 valence electrons. The second-order valence-electron chi connectivity index (χ2n) is 25.9. The Morgan fingerprint density at radius 3 is 1.25 bits per heavy atom. The highest BCUT2D eigenvalue weighted by atomic mass is 15.2. The van der Waals surface area contributed by atoms with Crippen LogP contribution in [0.25, 0.3) is 65.6 Å². The summed E-state index contributed by atoms with van der Waals surface area (Å²) in [6.45, 7) is 28.2. The van der Waals surface area contributed by atoms with E-state index in [1.54, 1.807) is 0 Å². The van der Waals surface area contributed by atoms with Crippen LogP contribution >= 0.6 is 0 Å². The van der Waals surface area contributed by atoms with Gasteiger partial charge in [0.15, 0.2) is 0 Å². The van der Waals surface area contributed by atoms with Gasteiger partial charge in [0.2, 0.25) is 0 Å². The average molecular weight is 973 g/mol. The van der Waals surface area contributed by atoms with Crippen molar-refractivity contribution in [1.29, 1.82) is 0 Å². The largest absolute Gasteiger partial charge is 0.311 e. The number of anilines is 6. The second kappa shape index (κ2) is 15.4. The number of nitrogens with zero attached hydrogens (tertiary/aromatic N) is 4. The van der Waals surface area contributed by atoms with Crippen molar-refractivity contribution in [2.75, 3.05) is 9.80 Å². The highest BCUT2D eigenvalue weighted by molar-refractivity contribution is 7.00. The lowest BCUT2D eigenvalue weighted by Crippen LogP contribution is -2.61. The number of fused-ring (bicyclic) bond motifs is 13. The van der Waals surface area contributed by atoms with Crippen molar-refractivity contribution in [1.82, 2.24) is 8.97 Å². The highest BCUT2D eigenvalue weighted by Gasteiger charge is 2.45. The zero-order valence-electron chi connectivity index (χ0n) is 45.6. The molecular formula is C70H65BN4. The maximum absolute atomic E-state index is 2.68. The summed E-state index contributed by atoms with van der Waals surface area (Å²) in [4.78, 5) is 5.31. The minimum absolute atomic E-state index is 0.0668. The van der Waals surface area contributed by atoms with Gasteiger partial charge in [0, 0.05) is 66.4 Å². The second-order valence-corrected chi connectivity index (χ2v) is 25.9. The van der Waals surface area contributed by atoms with E-state index in [2.05, 4.69) is 278 Å². The van der Waals surface area contributed by atoms with Crippen molar-refractivity contribution in [3.05, 3.63) is 198 Å². The van der Waals surface area contributed by atoms with Crippen LogP contribution in [0.2, 0.25) is 0 Å². The van der Waals surface area contributed by atoms with E-state index in [9.17, 15) is 0 Å². The van der Waals surface area contributed by atoms with E-state index in [4.69, 9.17) is 0 Å². The third-order valence-electron chi connectivity index (χ3n) is 17.0. The van der Waals surface area contributed by atoms with Gasteiger partial charge in [0.1, 0.15) is 0 Å². The smallest absolute Gasteiger partial charge is 0.252 e. The average Bonchev–Trinajstić information content (AvgIpc) is 4.07. The Labute approximate surface area is 442 Å². The summed E-state index contributed by atoms with van der Waals surface area (Å²) in [5, 5.41) is 7.68. The Balaban J connectivity index is 1.19. The zero-order valence-corrected chi connectivity index (χ0v) is 45.6. The Kier molecular flexibility index (Phi) is 9.42. The van der Waals surface area contributed by atoms with E-state index in [1.807, 2.05) is 0 Å².